The van der Waals surface area contributed by atoms with Crippen molar-refractivity contribution < 1.29 is 4.74 Å². The largest absolute Gasteiger partial charge is 0.381 e. The van der Waals surface area contributed by atoms with Gasteiger partial charge in [0.1, 0.15) is 0 Å². The summed E-state index contributed by atoms with van der Waals surface area (Å²) in [4.78, 5) is 5.23. The van der Waals surface area contributed by atoms with Crippen LogP contribution in [0.15, 0.2) is 24.3 Å². The van der Waals surface area contributed by atoms with Gasteiger partial charge >= 0.3 is 0 Å². The first-order valence-corrected chi connectivity index (χ1v) is 8.12. The molecule has 1 aliphatic heterocycles. The molecule has 0 bridgehead atoms. The van der Waals surface area contributed by atoms with Gasteiger partial charge in [0.15, 0.2) is 0 Å². The highest BCUT2D eigenvalue weighted by atomic mass is 79.9. The first kappa shape index (κ1) is 12.6. The van der Waals surface area contributed by atoms with E-state index in [1.54, 1.807) is 0 Å². The predicted octanol–water partition coefficient (Wildman–Crippen LogP) is 4.03. The number of aromatic nitrogens is 1. The molecule has 0 spiro atoms. The van der Waals surface area contributed by atoms with Crippen molar-refractivity contribution in [3.63, 3.8) is 0 Å². The molecule has 1 aromatic heterocycles. The van der Waals surface area contributed by atoms with Gasteiger partial charge in [-0.3, -0.25) is 0 Å². The second-order valence-corrected chi connectivity index (χ2v) is 7.04. The summed E-state index contributed by atoms with van der Waals surface area (Å²) in [5.74, 6) is 0.728. The molecule has 0 aliphatic carbocycles. The molecule has 1 saturated heterocycles. The molecule has 2 heterocycles. The van der Waals surface area contributed by atoms with E-state index in [1.165, 1.54) is 22.5 Å². The maximum atomic E-state index is 5.41. The summed E-state index contributed by atoms with van der Waals surface area (Å²) < 4.78 is 6.71. The van der Waals surface area contributed by atoms with Crippen LogP contribution in [0.4, 0.5) is 0 Å². The maximum Gasteiger partial charge on any atom is 0.0949 e. The maximum absolute atomic E-state index is 5.41. The van der Waals surface area contributed by atoms with Gasteiger partial charge in [-0.2, -0.15) is 0 Å². The molecule has 0 radical (unpaired) electrons. The monoisotopic (exact) mass is 325 g/mol. The SMILES string of the molecule is BrC(Cc1nc2ccccc2s1)C1CCOCC1. The Morgan fingerprint density at radius 2 is 2.11 bits per heavy atom. The second-order valence-electron chi connectivity index (χ2n) is 4.75. The third-order valence-electron chi connectivity index (χ3n) is 3.49. The van der Waals surface area contributed by atoms with E-state index in [-0.39, 0.29) is 0 Å². The van der Waals surface area contributed by atoms with Crippen LogP contribution in [0.2, 0.25) is 0 Å². The van der Waals surface area contributed by atoms with Gasteiger partial charge in [0.05, 0.1) is 15.2 Å². The lowest BCUT2D eigenvalue weighted by molar-refractivity contribution is 0.0662. The van der Waals surface area contributed by atoms with Crippen molar-refractivity contribution in [1.82, 2.24) is 4.98 Å². The number of nitrogens with zero attached hydrogens (tertiary/aromatic N) is 1. The number of fused-ring (bicyclic) bond motifs is 1. The molecular weight excluding hydrogens is 310 g/mol. The summed E-state index contributed by atoms with van der Waals surface area (Å²) >= 11 is 5.66. The fourth-order valence-electron chi connectivity index (χ4n) is 2.42. The van der Waals surface area contributed by atoms with Crippen LogP contribution < -0.4 is 0 Å². The van der Waals surface area contributed by atoms with Crippen molar-refractivity contribution in [1.29, 1.82) is 0 Å². The van der Waals surface area contributed by atoms with Gasteiger partial charge in [-0.1, -0.05) is 28.1 Å². The van der Waals surface area contributed by atoms with Gasteiger partial charge in [-0.25, -0.2) is 4.98 Å². The lowest BCUT2D eigenvalue weighted by atomic mass is 9.95. The van der Waals surface area contributed by atoms with E-state index >= 15 is 0 Å². The average molecular weight is 326 g/mol. The molecule has 18 heavy (non-hydrogen) atoms. The van der Waals surface area contributed by atoms with Gasteiger partial charge in [0, 0.05) is 24.5 Å². The molecule has 96 valence electrons. The minimum absolute atomic E-state index is 0.530. The number of ether oxygens (including phenoxy) is 1. The van der Waals surface area contributed by atoms with E-state index in [0.717, 1.165) is 31.1 Å². The van der Waals surface area contributed by atoms with Crippen LogP contribution in [0.5, 0.6) is 0 Å². The van der Waals surface area contributed by atoms with Crippen molar-refractivity contribution in [3.8, 4) is 0 Å². The molecule has 1 atom stereocenters. The van der Waals surface area contributed by atoms with Crippen molar-refractivity contribution in [3.05, 3.63) is 29.3 Å². The number of rotatable bonds is 3. The van der Waals surface area contributed by atoms with Crippen LogP contribution in [0.25, 0.3) is 10.2 Å². The molecular formula is C14H16BrNOS. The molecule has 1 aromatic carbocycles. The summed E-state index contributed by atoms with van der Waals surface area (Å²) in [7, 11) is 0. The highest BCUT2D eigenvalue weighted by Crippen LogP contribution is 2.30. The lowest BCUT2D eigenvalue weighted by Crippen LogP contribution is -2.24. The molecule has 0 saturated carbocycles. The van der Waals surface area contributed by atoms with Gasteiger partial charge in [-0.05, 0) is 30.9 Å². The topological polar surface area (TPSA) is 22.1 Å². The summed E-state index contributed by atoms with van der Waals surface area (Å²) in [5.41, 5.74) is 1.13. The molecule has 4 heteroatoms. The van der Waals surface area contributed by atoms with Crippen LogP contribution in [-0.4, -0.2) is 23.0 Å². The quantitative estimate of drug-likeness (QED) is 0.795. The van der Waals surface area contributed by atoms with Crippen molar-refractivity contribution in [2.45, 2.75) is 24.1 Å². The smallest absolute Gasteiger partial charge is 0.0949 e. The first-order valence-electron chi connectivity index (χ1n) is 6.39. The van der Waals surface area contributed by atoms with E-state index in [1.807, 2.05) is 11.3 Å². The van der Waals surface area contributed by atoms with E-state index in [9.17, 15) is 0 Å². The van der Waals surface area contributed by atoms with Gasteiger partial charge < -0.3 is 4.74 Å². The number of hydrogen-bond donors (Lipinski definition) is 0. The highest BCUT2D eigenvalue weighted by molar-refractivity contribution is 9.09. The Morgan fingerprint density at radius 1 is 1.33 bits per heavy atom. The number of benzene rings is 1. The molecule has 0 amide bonds. The van der Waals surface area contributed by atoms with E-state index in [4.69, 9.17) is 9.72 Å². The molecule has 3 rings (SSSR count). The minimum Gasteiger partial charge on any atom is -0.381 e. The molecule has 1 unspecified atom stereocenters. The first-order chi connectivity index (χ1) is 8.83. The molecule has 2 nitrogen and oxygen atoms in total. The third kappa shape index (κ3) is 2.76. The van der Waals surface area contributed by atoms with Crippen LogP contribution >= 0.6 is 27.3 Å². The summed E-state index contributed by atoms with van der Waals surface area (Å²) in [6, 6.07) is 8.37. The number of hydrogen-bond acceptors (Lipinski definition) is 3. The third-order valence-corrected chi connectivity index (χ3v) is 5.62. The number of para-hydroxylation sites is 1. The predicted molar refractivity (Wildman–Crippen MR) is 79.6 cm³/mol. The van der Waals surface area contributed by atoms with E-state index in [0.29, 0.717) is 4.83 Å². The number of alkyl halides is 1. The van der Waals surface area contributed by atoms with Crippen LogP contribution in [0, 0.1) is 5.92 Å². The molecule has 2 aromatic rings. The lowest BCUT2D eigenvalue weighted by Gasteiger charge is -2.25. The summed E-state index contributed by atoms with van der Waals surface area (Å²) in [6.45, 7) is 1.82. The minimum atomic E-state index is 0.530. The van der Waals surface area contributed by atoms with Gasteiger partial charge in [-0.15, -0.1) is 11.3 Å². The normalized spacial score (nSPS) is 19.2. The fraction of sp³-hybridized carbons (Fsp3) is 0.500. The summed E-state index contributed by atoms with van der Waals surface area (Å²) in [6.07, 6.45) is 3.37. The Hall–Kier alpha value is -0.450. The molecule has 0 N–H and O–H groups in total. The Bertz CT molecular complexity index is 488. The Balaban J connectivity index is 1.71. The zero-order valence-corrected chi connectivity index (χ0v) is 12.5. The summed E-state index contributed by atoms with van der Waals surface area (Å²) in [5, 5.41) is 1.24. The number of thiazole rings is 1. The van der Waals surface area contributed by atoms with Crippen molar-refractivity contribution in [2.24, 2.45) is 5.92 Å². The Kier molecular flexibility index (Phi) is 3.97. The van der Waals surface area contributed by atoms with Crippen molar-refractivity contribution in [2.75, 3.05) is 13.2 Å². The standard InChI is InChI=1S/C14H16BrNOS/c15-11(10-5-7-17-8-6-10)9-14-16-12-3-1-2-4-13(12)18-14/h1-4,10-11H,5-9H2. The zero-order valence-electron chi connectivity index (χ0n) is 10.1. The average Bonchev–Trinajstić information content (AvgIpc) is 2.82. The highest BCUT2D eigenvalue weighted by Gasteiger charge is 2.23. The number of halogens is 1. The molecule has 1 fully saturated rings. The second kappa shape index (κ2) is 5.68. The van der Waals surface area contributed by atoms with Crippen LogP contribution in [0.1, 0.15) is 17.8 Å². The molecule has 1 aliphatic rings. The Labute approximate surface area is 120 Å². The van der Waals surface area contributed by atoms with Crippen LogP contribution in [0.3, 0.4) is 0 Å². The van der Waals surface area contributed by atoms with Crippen molar-refractivity contribution >= 4 is 37.5 Å². The van der Waals surface area contributed by atoms with Crippen LogP contribution in [-0.2, 0) is 11.2 Å². The van der Waals surface area contributed by atoms with Gasteiger partial charge in [0.2, 0.25) is 0 Å². The van der Waals surface area contributed by atoms with E-state index < -0.39 is 0 Å². The Morgan fingerprint density at radius 3 is 2.89 bits per heavy atom. The fourth-order valence-corrected chi connectivity index (χ4v) is 4.49. The van der Waals surface area contributed by atoms with Gasteiger partial charge in [0.25, 0.3) is 0 Å². The van der Waals surface area contributed by atoms with E-state index in [2.05, 4.69) is 40.2 Å². The zero-order chi connectivity index (χ0) is 12.4.